The van der Waals surface area contributed by atoms with Crippen LogP contribution in [0.25, 0.3) is 0 Å². The van der Waals surface area contributed by atoms with Gasteiger partial charge in [0.2, 0.25) is 0 Å². The lowest BCUT2D eigenvalue weighted by Crippen LogP contribution is -2.69. The second kappa shape index (κ2) is 7.16. The average molecular weight is 335 g/mol. The normalized spacial score (nSPS) is 13.7. The first-order chi connectivity index (χ1) is 10.7. The zero-order valence-electron chi connectivity index (χ0n) is 12.7. The maximum absolute atomic E-state index is 13.5. The van der Waals surface area contributed by atoms with Gasteiger partial charge >= 0.3 is 23.9 Å². The molecule has 1 rings (SSSR count). The topological polar surface area (TPSA) is 89.5 Å². The standard InChI is InChI=1S/C13H16F3N3O4/c1-4-23-11(21)19-12(10(20)22-3,13(14,15)16)18-9-6-5-8(2)7-17-9/h5-7H,4H2,1-3H3,(H,17,18)(H,19,21). The van der Waals surface area contributed by atoms with Gasteiger partial charge < -0.3 is 14.8 Å². The van der Waals surface area contributed by atoms with E-state index >= 15 is 0 Å². The quantitative estimate of drug-likeness (QED) is 0.632. The van der Waals surface area contributed by atoms with Gasteiger partial charge in [0.1, 0.15) is 5.82 Å². The van der Waals surface area contributed by atoms with E-state index in [2.05, 4.69) is 14.5 Å². The van der Waals surface area contributed by atoms with Gasteiger partial charge in [-0.2, -0.15) is 13.2 Å². The molecule has 0 aliphatic rings. The number of alkyl carbamates (subject to hydrolysis) is 1. The zero-order chi connectivity index (χ0) is 17.7. The number of esters is 1. The number of carbonyl (C=O) groups is 2. The molecule has 23 heavy (non-hydrogen) atoms. The first-order valence-electron chi connectivity index (χ1n) is 6.47. The summed E-state index contributed by atoms with van der Waals surface area (Å²) in [6.07, 6.45) is -5.36. The van der Waals surface area contributed by atoms with E-state index in [4.69, 9.17) is 0 Å². The van der Waals surface area contributed by atoms with Crippen molar-refractivity contribution in [1.82, 2.24) is 10.3 Å². The number of carbonyl (C=O) groups excluding carboxylic acids is 2. The fourth-order valence-electron chi connectivity index (χ4n) is 1.60. The van der Waals surface area contributed by atoms with Crippen LogP contribution < -0.4 is 10.6 Å². The number of anilines is 1. The Morgan fingerprint density at radius 1 is 1.30 bits per heavy atom. The minimum absolute atomic E-state index is 0.177. The highest BCUT2D eigenvalue weighted by atomic mass is 19.4. The summed E-state index contributed by atoms with van der Waals surface area (Å²) in [5, 5.41) is 3.35. The number of methoxy groups -OCH3 is 1. The Bertz CT molecular complexity index is 563. The summed E-state index contributed by atoms with van der Waals surface area (Å²) in [5.41, 5.74) is -2.83. The predicted octanol–water partition coefficient (Wildman–Crippen LogP) is 1.98. The second-order valence-electron chi connectivity index (χ2n) is 4.43. The fraction of sp³-hybridized carbons (Fsp3) is 0.462. The Morgan fingerprint density at radius 2 is 1.96 bits per heavy atom. The molecule has 0 saturated carbocycles. The van der Waals surface area contributed by atoms with Crippen molar-refractivity contribution in [2.24, 2.45) is 0 Å². The van der Waals surface area contributed by atoms with Crippen LogP contribution in [0.15, 0.2) is 18.3 Å². The first kappa shape index (κ1) is 18.5. The Labute approximate surface area is 130 Å². The largest absolute Gasteiger partial charge is 0.466 e. The number of hydrogen-bond acceptors (Lipinski definition) is 6. The average Bonchev–Trinajstić information content (AvgIpc) is 2.47. The lowest BCUT2D eigenvalue weighted by atomic mass is 10.1. The molecule has 0 fully saturated rings. The lowest BCUT2D eigenvalue weighted by Gasteiger charge is -2.34. The molecule has 1 unspecified atom stereocenters. The number of nitrogens with zero attached hydrogens (tertiary/aromatic N) is 1. The number of alkyl halides is 3. The van der Waals surface area contributed by atoms with E-state index in [1.165, 1.54) is 30.6 Å². The minimum Gasteiger partial charge on any atom is -0.466 e. The van der Waals surface area contributed by atoms with Crippen LogP contribution in [0.4, 0.5) is 23.8 Å². The van der Waals surface area contributed by atoms with Gasteiger partial charge in [0.05, 0.1) is 13.7 Å². The molecule has 1 atom stereocenters. The number of halogens is 3. The van der Waals surface area contributed by atoms with Crippen molar-refractivity contribution in [1.29, 1.82) is 0 Å². The van der Waals surface area contributed by atoms with Crippen LogP contribution in [0, 0.1) is 6.92 Å². The van der Waals surface area contributed by atoms with E-state index in [1.807, 2.05) is 5.32 Å². The molecule has 7 nitrogen and oxygen atoms in total. The SMILES string of the molecule is CCOC(=O)NC(Nc1ccc(C)cn1)(C(=O)OC)C(F)(F)F. The molecule has 10 heteroatoms. The first-order valence-corrected chi connectivity index (χ1v) is 6.47. The summed E-state index contributed by atoms with van der Waals surface area (Å²) >= 11 is 0. The Morgan fingerprint density at radius 3 is 2.39 bits per heavy atom. The van der Waals surface area contributed by atoms with E-state index in [-0.39, 0.29) is 12.4 Å². The van der Waals surface area contributed by atoms with E-state index in [0.717, 1.165) is 7.11 Å². The smallest absolute Gasteiger partial charge is 0.442 e. The highest BCUT2D eigenvalue weighted by molar-refractivity contribution is 5.89. The summed E-state index contributed by atoms with van der Waals surface area (Å²) in [6.45, 7) is 2.91. The third-order valence-corrected chi connectivity index (χ3v) is 2.71. The minimum atomic E-state index is -5.22. The summed E-state index contributed by atoms with van der Waals surface area (Å²) in [7, 11) is 0.764. The zero-order valence-corrected chi connectivity index (χ0v) is 12.7. The molecule has 1 heterocycles. The van der Waals surface area contributed by atoms with Gasteiger partial charge in [-0.15, -0.1) is 0 Å². The maximum atomic E-state index is 13.5. The summed E-state index contributed by atoms with van der Waals surface area (Å²) in [4.78, 5) is 27.0. The molecule has 1 aromatic heterocycles. The molecule has 0 bridgehead atoms. The van der Waals surface area contributed by atoms with E-state index in [9.17, 15) is 22.8 Å². The van der Waals surface area contributed by atoms with Gasteiger partial charge in [-0.3, -0.25) is 5.32 Å². The van der Waals surface area contributed by atoms with E-state index in [0.29, 0.717) is 5.56 Å². The molecule has 0 spiro atoms. The number of aromatic nitrogens is 1. The predicted molar refractivity (Wildman–Crippen MR) is 73.6 cm³/mol. The summed E-state index contributed by atoms with van der Waals surface area (Å²) < 4.78 is 49.2. The second-order valence-corrected chi connectivity index (χ2v) is 4.43. The fourth-order valence-corrected chi connectivity index (χ4v) is 1.60. The van der Waals surface area contributed by atoms with Crippen molar-refractivity contribution in [3.05, 3.63) is 23.9 Å². The molecule has 1 aromatic rings. The molecule has 1 amide bonds. The molecule has 0 saturated heterocycles. The van der Waals surface area contributed by atoms with E-state index < -0.39 is 23.9 Å². The van der Waals surface area contributed by atoms with Gasteiger partial charge in [-0.05, 0) is 25.5 Å². The number of amides is 1. The van der Waals surface area contributed by atoms with Gasteiger partial charge in [0, 0.05) is 6.20 Å². The Kier molecular flexibility index (Phi) is 5.77. The van der Waals surface area contributed by atoms with Crippen LogP contribution in [0.3, 0.4) is 0 Å². The van der Waals surface area contributed by atoms with Crippen molar-refractivity contribution in [3.63, 3.8) is 0 Å². The van der Waals surface area contributed by atoms with Gasteiger partial charge in [-0.1, -0.05) is 6.07 Å². The number of nitrogens with one attached hydrogen (secondary N) is 2. The van der Waals surface area contributed by atoms with Crippen molar-refractivity contribution in [3.8, 4) is 0 Å². The molecule has 2 N–H and O–H groups in total. The van der Waals surface area contributed by atoms with Crippen LogP contribution in [0.1, 0.15) is 12.5 Å². The lowest BCUT2D eigenvalue weighted by molar-refractivity contribution is -0.203. The highest BCUT2D eigenvalue weighted by Crippen LogP contribution is 2.32. The van der Waals surface area contributed by atoms with Crippen LogP contribution in [-0.4, -0.2) is 42.6 Å². The van der Waals surface area contributed by atoms with Crippen LogP contribution in [0.2, 0.25) is 0 Å². The van der Waals surface area contributed by atoms with Gasteiger partial charge in [-0.25, -0.2) is 14.6 Å². The van der Waals surface area contributed by atoms with E-state index in [1.54, 1.807) is 6.92 Å². The number of hydrogen-bond donors (Lipinski definition) is 2. The van der Waals surface area contributed by atoms with Gasteiger partial charge in [0.25, 0.3) is 0 Å². The molecular weight excluding hydrogens is 319 g/mol. The molecular formula is C13H16F3N3O4. The maximum Gasteiger partial charge on any atom is 0.442 e. The molecule has 0 aliphatic carbocycles. The number of pyridine rings is 1. The summed E-state index contributed by atoms with van der Waals surface area (Å²) in [6, 6.07) is 2.71. The van der Waals surface area contributed by atoms with Crippen LogP contribution >= 0.6 is 0 Å². The van der Waals surface area contributed by atoms with Crippen molar-refractivity contribution < 1.29 is 32.2 Å². The van der Waals surface area contributed by atoms with Gasteiger partial charge in [0.15, 0.2) is 0 Å². The Hall–Kier alpha value is -2.52. The number of ether oxygens (including phenoxy) is 2. The third kappa shape index (κ3) is 4.24. The molecule has 128 valence electrons. The van der Waals surface area contributed by atoms with Crippen molar-refractivity contribution >= 4 is 17.9 Å². The van der Waals surface area contributed by atoms with Crippen LogP contribution in [0.5, 0.6) is 0 Å². The molecule has 0 aliphatic heterocycles. The molecule has 0 radical (unpaired) electrons. The number of aryl methyl sites for hydroxylation is 1. The molecule has 0 aromatic carbocycles. The third-order valence-electron chi connectivity index (χ3n) is 2.71. The van der Waals surface area contributed by atoms with Crippen molar-refractivity contribution in [2.75, 3.05) is 19.0 Å². The van der Waals surface area contributed by atoms with Crippen molar-refractivity contribution in [2.45, 2.75) is 25.7 Å². The highest BCUT2D eigenvalue weighted by Gasteiger charge is 2.64. The number of rotatable bonds is 5. The summed E-state index contributed by atoms with van der Waals surface area (Å²) in [5.74, 6) is -2.05. The monoisotopic (exact) mass is 335 g/mol. The Balaban J connectivity index is 3.28. The van der Waals surface area contributed by atoms with Crippen LogP contribution in [-0.2, 0) is 14.3 Å².